The Kier molecular flexibility index (Phi) is 5.25. The van der Waals surface area contributed by atoms with Gasteiger partial charge in [0.2, 0.25) is 6.79 Å². The van der Waals surface area contributed by atoms with Crippen LogP contribution in [0.1, 0.15) is 29.5 Å². The van der Waals surface area contributed by atoms with Crippen LogP contribution in [0.25, 0.3) is 0 Å². The van der Waals surface area contributed by atoms with Gasteiger partial charge in [0.05, 0.1) is 0 Å². The molecule has 6 heteroatoms. The third kappa shape index (κ3) is 3.60. The molecule has 0 aliphatic carbocycles. The second-order valence-electron chi connectivity index (χ2n) is 8.30. The molecule has 1 N–H and O–H groups in total. The summed E-state index contributed by atoms with van der Waals surface area (Å²) in [6.45, 7) is 4.54. The van der Waals surface area contributed by atoms with Crippen LogP contribution in [0.15, 0.2) is 47.5 Å². The van der Waals surface area contributed by atoms with Gasteiger partial charge in [-0.25, -0.2) is 0 Å². The van der Waals surface area contributed by atoms with Crippen LogP contribution in [0, 0.1) is 0 Å². The molecule has 158 valence electrons. The summed E-state index contributed by atoms with van der Waals surface area (Å²) in [5.41, 5.74) is 4.11. The third-order valence-corrected chi connectivity index (χ3v) is 6.66. The summed E-state index contributed by atoms with van der Waals surface area (Å²) in [6, 6.07) is 15.1. The highest BCUT2D eigenvalue weighted by Crippen LogP contribution is 2.40. The number of nitrogens with zero attached hydrogens (tertiary/aromatic N) is 2. The summed E-state index contributed by atoms with van der Waals surface area (Å²) in [7, 11) is 1.88. The number of rotatable bonds is 3. The van der Waals surface area contributed by atoms with Crippen LogP contribution in [-0.4, -0.2) is 51.0 Å². The highest BCUT2D eigenvalue weighted by Gasteiger charge is 2.36. The molecule has 0 radical (unpaired) electrons. The van der Waals surface area contributed by atoms with E-state index in [1.165, 1.54) is 16.7 Å². The van der Waals surface area contributed by atoms with Gasteiger partial charge in [-0.15, -0.1) is 0 Å². The molecule has 0 atom stereocenters. The molecule has 3 heterocycles. The van der Waals surface area contributed by atoms with Crippen molar-refractivity contribution in [2.75, 3.05) is 40.1 Å². The van der Waals surface area contributed by atoms with Gasteiger partial charge < -0.3 is 24.4 Å². The van der Waals surface area contributed by atoms with Crippen molar-refractivity contribution in [3.05, 3.63) is 59.2 Å². The van der Waals surface area contributed by atoms with E-state index in [0.717, 1.165) is 69.6 Å². The van der Waals surface area contributed by atoms with Crippen molar-refractivity contribution in [3.63, 3.8) is 0 Å². The Morgan fingerprint density at radius 2 is 1.87 bits per heavy atom. The first kappa shape index (κ1) is 19.2. The molecule has 5 rings (SSSR count). The van der Waals surface area contributed by atoms with Crippen molar-refractivity contribution < 1.29 is 14.2 Å². The molecule has 0 unspecified atom stereocenters. The molecule has 0 bridgehead atoms. The van der Waals surface area contributed by atoms with Crippen molar-refractivity contribution >= 4 is 5.96 Å². The zero-order chi connectivity index (χ0) is 20.4. The van der Waals surface area contributed by atoms with Crippen LogP contribution >= 0.6 is 0 Å². The number of ether oxygens (including phenoxy) is 3. The normalized spacial score (nSPS) is 20.0. The maximum atomic E-state index is 5.70. The average molecular weight is 408 g/mol. The van der Waals surface area contributed by atoms with Crippen LogP contribution < -0.4 is 14.8 Å². The molecule has 0 amide bonds. The first-order chi connectivity index (χ1) is 14.8. The summed E-state index contributed by atoms with van der Waals surface area (Å²) in [4.78, 5) is 6.96. The van der Waals surface area contributed by atoms with Gasteiger partial charge in [-0.3, -0.25) is 4.99 Å². The summed E-state index contributed by atoms with van der Waals surface area (Å²) in [5.74, 6) is 2.64. The van der Waals surface area contributed by atoms with Gasteiger partial charge >= 0.3 is 0 Å². The van der Waals surface area contributed by atoms with Crippen molar-refractivity contribution in [3.8, 4) is 11.5 Å². The van der Waals surface area contributed by atoms with E-state index in [1.54, 1.807) is 0 Å². The largest absolute Gasteiger partial charge is 0.454 e. The molecule has 3 aliphatic heterocycles. The van der Waals surface area contributed by atoms with E-state index >= 15 is 0 Å². The minimum absolute atomic E-state index is 0.0110. The maximum absolute atomic E-state index is 5.70. The molecule has 0 spiro atoms. The van der Waals surface area contributed by atoms with Crippen LogP contribution in [0.3, 0.4) is 0 Å². The average Bonchev–Trinajstić information content (AvgIpc) is 3.28. The van der Waals surface area contributed by atoms with Gasteiger partial charge in [0, 0.05) is 45.3 Å². The zero-order valence-corrected chi connectivity index (χ0v) is 17.5. The van der Waals surface area contributed by atoms with Crippen LogP contribution in [-0.2, 0) is 23.1 Å². The first-order valence-electron chi connectivity index (χ1n) is 10.8. The van der Waals surface area contributed by atoms with Gasteiger partial charge in [-0.05, 0) is 48.1 Å². The molecule has 2 aromatic carbocycles. The monoisotopic (exact) mass is 407 g/mol. The molecule has 0 aromatic heterocycles. The van der Waals surface area contributed by atoms with Gasteiger partial charge in [-0.2, -0.15) is 0 Å². The second kappa shape index (κ2) is 8.19. The summed E-state index contributed by atoms with van der Waals surface area (Å²) in [5, 5.41) is 3.70. The first-order valence-corrected chi connectivity index (χ1v) is 10.8. The number of aliphatic imine (C=N–C) groups is 1. The second-order valence-corrected chi connectivity index (χ2v) is 8.30. The fraction of sp³-hybridized carbons (Fsp3) is 0.458. The summed E-state index contributed by atoms with van der Waals surface area (Å²) < 4.78 is 16.9. The van der Waals surface area contributed by atoms with E-state index in [0.29, 0.717) is 6.79 Å². The van der Waals surface area contributed by atoms with E-state index in [-0.39, 0.29) is 5.41 Å². The Morgan fingerprint density at radius 3 is 2.70 bits per heavy atom. The van der Waals surface area contributed by atoms with Crippen LogP contribution in [0.5, 0.6) is 11.5 Å². The molecule has 2 aromatic rings. The van der Waals surface area contributed by atoms with Gasteiger partial charge in [0.25, 0.3) is 0 Å². The number of hydrogen-bond donors (Lipinski definition) is 1. The number of nitrogens with one attached hydrogen (secondary N) is 1. The lowest BCUT2D eigenvalue weighted by Gasteiger charge is -2.40. The van der Waals surface area contributed by atoms with E-state index in [4.69, 9.17) is 14.2 Å². The Morgan fingerprint density at radius 1 is 1.07 bits per heavy atom. The van der Waals surface area contributed by atoms with E-state index in [1.807, 2.05) is 13.1 Å². The number of benzene rings is 2. The number of hydrogen-bond acceptors (Lipinski definition) is 4. The lowest BCUT2D eigenvalue weighted by Crippen LogP contribution is -2.50. The quantitative estimate of drug-likeness (QED) is 0.626. The van der Waals surface area contributed by atoms with E-state index in [2.05, 4.69) is 51.6 Å². The third-order valence-electron chi connectivity index (χ3n) is 6.66. The smallest absolute Gasteiger partial charge is 0.231 e. The molecular formula is C24H29N3O3. The Balaban J connectivity index is 1.34. The molecule has 1 saturated heterocycles. The van der Waals surface area contributed by atoms with Crippen molar-refractivity contribution in [1.29, 1.82) is 0 Å². The maximum Gasteiger partial charge on any atom is 0.231 e. The summed E-state index contributed by atoms with van der Waals surface area (Å²) in [6.07, 6.45) is 3.00. The Bertz CT molecular complexity index is 937. The predicted octanol–water partition coefficient (Wildman–Crippen LogP) is 3.10. The van der Waals surface area contributed by atoms with Crippen molar-refractivity contribution in [2.24, 2.45) is 4.99 Å². The standard InChI is InChI=1S/C24H29N3O3/c1-25-23(27-11-8-18-4-2-3-5-19(18)15-27)26-16-24(9-12-28-13-10-24)20-6-7-21-22(14-20)30-17-29-21/h2-7,14H,8-13,15-17H2,1H3,(H,25,26). The van der Waals surface area contributed by atoms with Gasteiger partial charge in [0.15, 0.2) is 17.5 Å². The van der Waals surface area contributed by atoms with E-state index in [9.17, 15) is 0 Å². The molecule has 0 saturated carbocycles. The Hall–Kier alpha value is -2.73. The molecule has 30 heavy (non-hydrogen) atoms. The highest BCUT2D eigenvalue weighted by atomic mass is 16.7. The fourth-order valence-electron chi connectivity index (χ4n) is 4.81. The lowest BCUT2D eigenvalue weighted by molar-refractivity contribution is 0.0510. The minimum Gasteiger partial charge on any atom is -0.454 e. The molecule has 6 nitrogen and oxygen atoms in total. The zero-order valence-electron chi connectivity index (χ0n) is 17.5. The number of fused-ring (bicyclic) bond motifs is 2. The lowest BCUT2D eigenvalue weighted by atomic mass is 9.74. The molecule has 1 fully saturated rings. The minimum atomic E-state index is -0.0110. The fourth-order valence-corrected chi connectivity index (χ4v) is 4.81. The SMILES string of the molecule is CN=C(NCC1(c2ccc3c(c2)OCO3)CCOCC1)N1CCc2ccccc2C1. The molecule has 3 aliphatic rings. The van der Waals surface area contributed by atoms with Crippen LogP contribution in [0.4, 0.5) is 0 Å². The predicted molar refractivity (Wildman–Crippen MR) is 116 cm³/mol. The van der Waals surface area contributed by atoms with Gasteiger partial charge in [-0.1, -0.05) is 30.3 Å². The van der Waals surface area contributed by atoms with Gasteiger partial charge in [0.1, 0.15) is 0 Å². The number of guanidine groups is 1. The Labute approximate surface area is 177 Å². The highest BCUT2D eigenvalue weighted by molar-refractivity contribution is 5.80. The van der Waals surface area contributed by atoms with Crippen molar-refractivity contribution in [1.82, 2.24) is 10.2 Å². The van der Waals surface area contributed by atoms with E-state index < -0.39 is 0 Å². The topological polar surface area (TPSA) is 55.3 Å². The van der Waals surface area contributed by atoms with Crippen LogP contribution in [0.2, 0.25) is 0 Å². The molecular weight excluding hydrogens is 378 g/mol. The summed E-state index contributed by atoms with van der Waals surface area (Å²) >= 11 is 0. The van der Waals surface area contributed by atoms with Crippen molar-refractivity contribution in [2.45, 2.75) is 31.2 Å².